The maximum absolute atomic E-state index is 13.3. The number of alkyl halides is 2. The monoisotopic (exact) mass is 187 g/mol. The molecule has 0 aliphatic heterocycles. The number of aryl methyl sites for hydroxylation is 1. The van der Waals surface area contributed by atoms with Gasteiger partial charge in [0.15, 0.2) is 5.82 Å². The summed E-state index contributed by atoms with van der Waals surface area (Å²) < 4.78 is 28.1. The van der Waals surface area contributed by atoms with Gasteiger partial charge in [0.05, 0.1) is 5.56 Å². The molecule has 0 fully saturated rings. The summed E-state index contributed by atoms with van der Waals surface area (Å²) in [5, 5.41) is 3.80. The number of nitrogens with two attached hydrogens (primary N) is 1. The Kier molecular flexibility index (Phi) is 1.58. The van der Waals surface area contributed by atoms with Gasteiger partial charge in [-0.05, 0) is 12.8 Å². The molecule has 72 valence electrons. The Balaban J connectivity index is 2.62. The highest BCUT2D eigenvalue weighted by Gasteiger charge is 2.41. The third kappa shape index (κ3) is 1.10. The minimum atomic E-state index is -2.79. The van der Waals surface area contributed by atoms with Crippen molar-refractivity contribution in [2.24, 2.45) is 7.05 Å². The standard InChI is InChI=1S/C8H11F2N3/c1-13-5-3-2-4-8(9,10)6(5)7(11)12-13/h2-4H2,1H3,(H2,11,12). The first-order valence-corrected chi connectivity index (χ1v) is 4.22. The van der Waals surface area contributed by atoms with Crippen LogP contribution in [0.1, 0.15) is 24.1 Å². The number of halogens is 2. The van der Waals surface area contributed by atoms with Crippen LogP contribution in [0.4, 0.5) is 14.6 Å². The van der Waals surface area contributed by atoms with Crippen molar-refractivity contribution in [1.29, 1.82) is 0 Å². The molecule has 0 amide bonds. The molecule has 0 aromatic carbocycles. The van der Waals surface area contributed by atoms with Gasteiger partial charge in [0, 0.05) is 19.2 Å². The van der Waals surface area contributed by atoms with Crippen LogP contribution in [0.2, 0.25) is 0 Å². The Labute approximate surface area is 74.5 Å². The van der Waals surface area contributed by atoms with E-state index >= 15 is 0 Å². The third-order valence-corrected chi connectivity index (χ3v) is 2.46. The molecule has 0 saturated carbocycles. The molecule has 2 N–H and O–H groups in total. The number of nitrogens with zero attached hydrogens (tertiary/aromatic N) is 2. The lowest BCUT2D eigenvalue weighted by Crippen LogP contribution is -2.22. The molecule has 5 heteroatoms. The van der Waals surface area contributed by atoms with Crippen LogP contribution in [0.15, 0.2) is 0 Å². The molecule has 0 unspecified atom stereocenters. The van der Waals surface area contributed by atoms with Gasteiger partial charge in [-0.1, -0.05) is 0 Å². The van der Waals surface area contributed by atoms with Crippen LogP contribution in [-0.2, 0) is 19.4 Å². The fourth-order valence-corrected chi connectivity index (χ4v) is 1.87. The number of hydrogen-bond donors (Lipinski definition) is 1. The zero-order chi connectivity index (χ0) is 9.64. The van der Waals surface area contributed by atoms with Crippen molar-refractivity contribution in [3.63, 3.8) is 0 Å². The van der Waals surface area contributed by atoms with E-state index in [-0.39, 0.29) is 17.8 Å². The van der Waals surface area contributed by atoms with Crippen LogP contribution in [0.25, 0.3) is 0 Å². The van der Waals surface area contributed by atoms with Crippen LogP contribution in [0, 0.1) is 0 Å². The highest BCUT2D eigenvalue weighted by Crippen LogP contribution is 2.42. The topological polar surface area (TPSA) is 43.8 Å². The first-order chi connectivity index (χ1) is 6.02. The van der Waals surface area contributed by atoms with Crippen molar-refractivity contribution in [3.8, 4) is 0 Å². The Morgan fingerprint density at radius 1 is 1.54 bits per heavy atom. The molecule has 1 aliphatic rings. The zero-order valence-corrected chi connectivity index (χ0v) is 7.35. The van der Waals surface area contributed by atoms with Gasteiger partial charge in [0.2, 0.25) is 0 Å². The number of nitrogen functional groups attached to an aromatic ring is 1. The summed E-state index contributed by atoms with van der Waals surface area (Å²) in [5.41, 5.74) is 5.95. The average molecular weight is 187 g/mol. The number of fused-ring (bicyclic) bond motifs is 1. The molecule has 3 nitrogen and oxygen atoms in total. The lowest BCUT2D eigenvalue weighted by atomic mass is 9.93. The summed E-state index contributed by atoms with van der Waals surface area (Å²) >= 11 is 0. The predicted octanol–water partition coefficient (Wildman–Crippen LogP) is 1.43. The Morgan fingerprint density at radius 3 is 2.85 bits per heavy atom. The van der Waals surface area contributed by atoms with Crippen molar-refractivity contribution < 1.29 is 8.78 Å². The Hall–Kier alpha value is -1.13. The summed E-state index contributed by atoms with van der Waals surface area (Å²) in [4.78, 5) is 0. The van der Waals surface area contributed by atoms with Crippen LogP contribution in [-0.4, -0.2) is 9.78 Å². The van der Waals surface area contributed by atoms with Crippen LogP contribution in [0.5, 0.6) is 0 Å². The fraction of sp³-hybridized carbons (Fsp3) is 0.625. The van der Waals surface area contributed by atoms with Crippen LogP contribution in [0.3, 0.4) is 0 Å². The molecule has 1 aromatic rings. The molecule has 0 bridgehead atoms. The molecule has 0 radical (unpaired) electrons. The van der Waals surface area contributed by atoms with E-state index < -0.39 is 5.92 Å². The number of aromatic nitrogens is 2. The second-order valence-corrected chi connectivity index (χ2v) is 3.39. The second-order valence-electron chi connectivity index (χ2n) is 3.39. The Morgan fingerprint density at radius 2 is 2.23 bits per heavy atom. The van der Waals surface area contributed by atoms with Gasteiger partial charge >= 0.3 is 0 Å². The van der Waals surface area contributed by atoms with Crippen molar-refractivity contribution in [2.75, 3.05) is 5.73 Å². The SMILES string of the molecule is Cn1nc(N)c2c1CCCC2(F)F. The third-order valence-electron chi connectivity index (χ3n) is 2.46. The maximum atomic E-state index is 13.3. The molecule has 2 rings (SSSR count). The zero-order valence-electron chi connectivity index (χ0n) is 7.35. The summed E-state index contributed by atoms with van der Waals surface area (Å²) in [6.07, 6.45) is 1.03. The molecular formula is C8H11F2N3. The van der Waals surface area contributed by atoms with Crippen LogP contribution < -0.4 is 5.73 Å². The van der Waals surface area contributed by atoms with E-state index in [9.17, 15) is 8.78 Å². The molecule has 13 heavy (non-hydrogen) atoms. The largest absolute Gasteiger partial charge is 0.382 e. The van der Waals surface area contributed by atoms with E-state index in [0.29, 0.717) is 18.5 Å². The highest BCUT2D eigenvalue weighted by molar-refractivity contribution is 5.47. The van der Waals surface area contributed by atoms with E-state index in [1.807, 2.05) is 0 Å². The van der Waals surface area contributed by atoms with Crippen molar-refractivity contribution in [2.45, 2.75) is 25.2 Å². The number of hydrogen-bond acceptors (Lipinski definition) is 2. The maximum Gasteiger partial charge on any atom is 0.278 e. The van der Waals surface area contributed by atoms with Gasteiger partial charge in [-0.15, -0.1) is 0 Å². The quantitative estimate of drug-likeness (QED) is 0.667. The second kappa shape index (κ2) is 2.43. The van der Waals surface area contributed by atoms with Gasteiger partial charge in [0.1, 0.15) is 0 Å². The van der Waals surface area contributed by atoms with E-state index in [2.05, 4.69) is 5.10 Å². The van der Waals surface area contributed by atoms with Crippen LogP contribution >= 0.6 is 0 Å². The lowest BCUT2D eigenvalue weighted by molar-refractivity contribution is -0.0212. The molecule has 1 aromatic heterocycles. The van der Waals surface area contributed by atoms with Gasteiger partial charge in [-0.2, -0.15) is 5.10 Å². The van der Waals surface area contributed by atoms with E-state index in [1.165, 1.54) is 4.68 Å². The first kappa shape index (κ1) is 8.47. The average Bonchev–Trinajstić information content (AvgIpc) is 2.27. The molecule has 1 heterocycles. The fourth-order valence-electron chi connectivity index (χ4n) is 1.87. The lowest BCUT2D eigenvalue weighted by Gasteiger charge is -2.22. The first-order valence-electron chi connectivity index (χ1n) is 4.22. The van der Waals surface area contributed by atoms with Gasteiger partial charge in [0.25, 0.3) is 5.92 Å². The summed E-state index contributed by atoms with van der Waals surface area (Å²) in [7, 11) is 1.65. The van der Waals surface area contributed by atoms with Crippen molar-refractivity contribution >= 4 is 5.82 Å². The minimum absolute atomic E-state index is 0.0257. The van der Waals surface area contributed by atoms with E-state index in [1.54, 1.807) is 7.05 Å². The molecule has 1 aliphatic carbocycles. The van der Waals surface area contributed by atoms with Gasteiger partial charge < -0.3 is 5.73 Å². The van der Waals surface area contributed by atoms with E-state index in [0.717, 1.165) is 0 Å². The summed E-state index contributed by atoms with van der Waals surface area (Å²) in [6.45, 7) is 0. The molecular weight excluding hydrogens is 176 g/mol. The molecule has 0 spiro atoms. The smallest absolute Gasteiger partial charge is 0.278 e. The molecule has 0 saturated heterocycles. The number of anilines is 1. The highest BCUT2D eigenvalue weighted by atomic mass is 19.3. The normalized spacial score (nSPS) is 19.9. The number of rotatable bonds is 0. The van der Waals surface area contributed by atoms with E-state index in [4.69, 9.17) is 5.73 Å². The summed E-state index contributed by atoms with van der Waals surface area (Å²) in [6, 6.07) is 0. The minimum Gasteiger partial charge on any atom is -0.382 e. The summed E-state index contributed by atoms with van der Waals surface area (Å²) in [5.74, 6) is -2.81. The van der Waals surface area contributed by atoms with Crippen molar-refractivity contribution in [1.82, 2.24) is 9.78 Å². The van der Waals surface area contributed by atoms with Crippen molar-refractivity contribution in [3.05, 3.63) is 11.3 Å². The predicted molar refractivity (Wildman–Crippen MR) is 44.5 cm³/mol. The van der Waals surface area contributed by atoms with Gasteiger partial charge in [-0.3, -0.25) is 4.68 Å². The molecule has 0 atom stereocenters. The van der Waals surface area contributed by atoms with Gasteiger partial charge in [-0.25, -0.2) is 8.78 Å². The Bertz CT molecular complexity index is 343.